The number of carbonyl (C=O) groups excluding carboxylic acids is 4. The van der Waals surface area contributed by atoms with Gasteiger partial charge in [0.2, 0.25) is 17.2 Å². The molecule has 0 radical (unpaired) electrons. The maximum absolute atomic E-state index is 11.8. The average molecular weight is 670 g/mol. The summed E-state index contributed by atoms with van der Waals surface area (Å²) < 4.78 is 19.1. The Hall–Kier alpha value is -4.18. The second-order valence-electron chi connectivity index (χ2n) is 8.32. The molecule has 4 amide bonds. The summed E-state index contributed by atoms with van der Waals surface area (Å²) in [6.45, 7) is -1.68. The van der Waals surface area contributed by atoms with Crippen LogP contribution in [0.15, 0.2) is 0 Å². The Morgan fingerprint density at radius 3 is 1.04 bits per heavy atom. The van der Waals surface area contributed by atoms with Crippen molar-refractivity contribution in [3.05, 3.63) is 5.28 Å². The predicted molar refractivity (Wildman–Crippen MR) is 155 cm³/mol. The summed E-state index contributed by atoms with van der Waals surface area (Å²) in [5.41, 5.74) is 0. The van der Waals surface area contributed by atoms with Gasteiger partial charge in [0.05, 0.1) is 26.4 Å². The number of alkyl carbamates (subject to hydrolysis) is 4. The zero-order valence-corrected chi connectivity index (χ0v) is 25.2. The van der Waals surface area contributed by atoms with Gasteiger partial charge in [0.25, 0.3) is 0 Å². The molecule has 256 valence electrons. The Morgan fingerprint density at radius 1 is 0.533 bits per heavy atom. The summed E-state index contributed by atoms with van der Waals surface area (Å²) in [5.74, 6) is 0.0772. The highest BCUT2D eigenvalue weighted by atomic mass is 35.5. The van der Waals surface area contributed by atoms with Gasteiger partial charge < -0.3 is 70.4 Å². The van der Waals surface area contributed by atoms with Crippen LogP contribution in [0.5, 0.6) is 0 Å². The number of carbonyl (C=O) groups is 4. The van der Waals surface area contributed by atoms with E-state index in [1.807, 2.05) is 0 Å². The molecule has 8 N–H and O–H groups in total. The van der Waals surface area contributed by atoms with Crippen molar-refractivity contribution in [3.8, 4) is 0 Å². The van der Waals surface area contributed by atoms with E-state index >= 15 is 0 Å². The number of amides is 4. The molecule has 0 unspecified atom stereocenters. The minimum atomic E-state index is -0.773. The number of rotatable bonds is 22. The molecule has 0 saturated heterocycles. The third-order valence-electron chi connectivity index (χ3n) is 5.05. The minimum absolute atomic E-state index is 0.0291. The summed E-state index contributed by atoms with van der Waals surface area (Å²) in [6, 6.07) is 0. The summed E-state index contributed by atoms with van der Waals surface area (Å²) in [7, 11) is 0. The summed E-state index contributed by atoms with van der Waals surface area (Å²) in [4.78, 5) is 63.1. The van der Waals surface area contributed by atoms with Crippen LogP contribution in [0.3, 0.4) is 0 Å². The number of ether oxygens (including phenoxy) is 4. The Balaban J connectivity index is 3.12. The first kappa shape index (κ1) is 38.8. The van der Waals surface area contributed by atoms with Gasteiger partial charge in [0.15, 0.2) is 0 Å². The topological polar surface area (TPSA) is 279 Å². The molecular formula is C23H40ClN9O12. The molecule has 21 nitrogen and oxygen atoms in total. The van der Waals surface area contributed by atoms with Crippen LogP contribution in [-0.2, 0) is 18.9 Å². The van der Waals surface area contributed by atoms with Crippen LogP contribution < -0.4 is 31.1 Å². The van der Waals surface area contributed by atoms with Crippen LogP contribution in [0.2, 0.25) is 5.28 Å². The van der Waals surface area contributed by atoms with E-state index in [9.17, 15) is 19.2 Å². The van der Waals surface area contributed by atoms with Gasteiger partial charge in [0.1, 0.15) is 26.4 Å². The number of anilines is 2. The van der Waals surface area contributed by atoms with Crippen molar-refractivity contribution < 1.29 is 58.6 Å². The van der Waals surface area contributed by atoms with Crippen molar-refractivity contribution in [1.82, 2.24) is 36.2 Å². The SMILES string of the molecule is O=C(NCCN(CCNC(=O)OCCO)c1nc(Cl)nc(N(CCNC(=O)OCCO)CCNC(=O)OCCO)n1)OCCO. The molecule has 1 heterocycles. The molecule has 1 aromatic heterocycles. The van der Waals surface area contributed by atoms with Gasteiger partial charge in [-0.3, -0.25) is 0 Å². The number of nitrogens with zero attached hydrogens (tertiary/aromatic N) is 5. The number of hydrogen-bond donors (Lipinski definition) is 8. The molecular weight excluding hydrogens is 630 g/mol. The van der Waals surface area contributed by atoms with Crippen LogP contribution in [0.4, 0.5) is 31.1 Å². The lowest BCUT2D eigenvalue weighted by molar-refractivity contribution is 0.118. The van der Waals surface area contributed by atoms with E-state index in [2.05, 4.69) is 36.2 Å². The lowest BCUT2D eigenvalue weighted by atomic mass is 10.4. The van der Waals surface area contributed by atoms with E-state index in [4.69, 9.17) is 51.0 Å². The number of aromatic nitrogens is 3. The molecule has 1 aromatic rings. The van der Waals surface area contributed by atoms with E-state index in [0.717, 1.165) is 0 Å². The highest BCUT2D eigenvalue weighted by Crippen LogP contribution is 2.16. The molecule has 0 aliphatic heterocycles. The molecule has 0 spiro atoms. The molecule has 0 bridgehead atoms. The normalized spacial score (nSPS) is 10.3. The maximum atomic E-state index is 11.8. The van der Waals surface area contributed by atoms with Crippen molar-refractivity contribution in [3.63, 3.8) is 0 Å². The first-order valence-electron chi connectivity index (χ1n) is 13.7. The Labute approximate surface area is 263 Å². The third kappa shape index (κ3) is 18.3. The Bertz CT molecular complexity index is 904. The van der Waals surface area contributed by atoms with E-state index in [1.165, 1.54) is 0 Å². The smallest absolute Gasteiger partial charge is 0.407 e. The van der Waals surface area contributed by atoms with E-state index < -0.39 is 24.4 Å². The summed E-state index contributed by atoms with van der Waals surface area (Å²) in [6.07, 6.45) is -3.09. The van der Waals surface area contributed by atoms with Crippen LogP contribution in [0.25, 0.3) is 0 Å². The predicted octanol–water partition coefficient (Wildman–Crippen LogP) is -2.99. The maximum Gasteiger partial charge on any atom is 0.407 e. The van der Waals surface area contributed by atoms with Crippen molar-refractivity contribution in [2.45, 2.75) is 0 Å². The van der Waals surface area contributed by atoms with Crippen molar-refractivity contribution in [1.29, 1.82) is 0 Å². The zero-order valence-electron chi connectivity index (χ0n) is 24.5. The quantitative estimate of drug-likeness (QED) is 0.0571. The molecule has 1 rings (SSSR count). The zero-order chi connectivity index (χ0) is 33.3. The van der Waals surface area contributed by atoms with E-state index in [0.29, 0.717) is 0 Å². The molecule has 0 aromatic carbocycles. The summed E-state index contributed by atoms with van der Waals surface area (Å²) in [5, 5.41) is 45.0. The largest absolute Gasteiger partial charge is 0.447 e. The number of hydrogen-bond acceptors (Lipinski definition) is 17. The van der Waals surface area contributed by atoms with Crippen molar-refractivity contribution >= 4 is 47.9 Å². The van der Waals surface area contributed by atoms with Crippen molar-refractivity contribution in [2.24, 2.45) is 0 Å². The van der Waals surface area contributed by atoms with Crippen LogP contribution in [0.1, 0.15) is 0 Å². The number of aliphatic hydroxyl groups excluding tert-OH is 4. The molecule has 0 aliphatic carbocycles. The van der Waals surface area contributed by atoms with Gasteiger partial charge in [-0.05, 0) is 11.6 Å². The fourth-order valence-corrected chi connectivity index (χ4v) is 3.32. The molecule has 0 saturated carbocycles. The highest BCUT2D eigenvalue weighted by molar-refractivity contribution is 6.28. The molecule has 22 heteroatoms. The van der Waals surface area contributed by atoms with Gasteiger partial charge in [-0.2, -0.15) is 15.0 Å². The third-order valence-corrected chi connectivity index (χ3v) is 5.22. The lowest BCUT2D eigenvalue weighted by Gasteiger charge is -2.26. The Kier molecular flexibility index (Phi) is 20.9. The van der Waals surface area contributed by atoms with Gasteiger partial charge in [-0.25, -0.2) is 19.2 Å². The van der Waals surface area contributed by atoms with Gasteiger partial charge >= 0.3 is 24.4 Å². The van der Waals surface area contributed by atoms with Crippen LogP contribution in [-0.4, -0.2) is 165 Å². The molecule has 0 aliphatic rings. The molecule has 45 heavy (non-hydrogen) atoms. The average Bonchev–Trinajstić information content (AvgIpc) is 3.02. The van der Waals surface area contributed by atoms with Crippen LogP contribution >= 0.6 is 11.6 Å². The monoisotopic (exact) mass is 669 g/mol. The Morgan fingerprint density at radius 2 is 0.800 bits per heavy atom. The van der Waals surface area contributed by atoms with E-state index in [-0.39, 0.29) is 122 Å². The van der Waals surface area contributed by atoms with Crippen LogP contribution in [0, 0.1) is 0 Å². The fraction of sp³-hybridized carbons (Fsp3) is 0.696. The minimum Gasteiger partial charge on any atom is -0.447 e. The molecule has 0 fully saturated rings. The van der Waals surface area contributed by atoms with Gasteiger partial charge in [-0.15, -0.1) is 0 Å². The lowest BCUT2D eigenvalue weighted by Crippen LogP contribution is -2.42. The fourth-order valence-electron chi connectivity index (χ4n) is 3.17. The second-order valence-corrected chi connectivity index (χ2v) is 8.66. The van der Waals surface area contributed by atoms with Crippen molar-refractivity contribution in [2.75, 3.05) is 115 Å². The van der Waals surface area contributed by atoms with Gasteiger partial charge in [-0.1, -0.05) is 0 Å². The molecule has 0 atom stereocenters. The standard InChI is InChI=1S/C23H40ClN9O12/c24-17-29-18(32(5-1-25-20(38)42-13-9-34)6-2-26-21(39)43-14-10-35)31-19(30-17)33(7-3-27-22(40)44-15-11-36)8-4-28-23(41)45-16-12-37/h34-37H,1-16H2,(H,25,38)(H,26,39)(H,27,40)(H,28,41). The first-order valence-corrected chi connectivity index (χ1v) is 14.1. The van der Waals surface area contributed by atoms with Gasteiger partial charge in [0, 0.05) is 52.4 Å². The number of aliphatic hydroxyl groups is 4. The van der Waals surface area contributed by atoms with E-state index in [1.54, 1.807) is 9.80 Å². The summed E-state index contributed by atoms with van der Waals surface area (Å²) >= 11 is 6.24. The number of nitrogens with one attached hydrogen (secondary N) is 4. The number of halogens is 1. The first-order chi connectivity index (χ1) is 21.7. The highest BCUT2D eigenvalue weighted by Gasteiger charge is 2.19. The second kappa shape index (κ2) is 24.2.